The van der Waals surface area contributed by atoms with Crippen molar-refractivity contribution in [2.75, 3.05) is 13.2 Å². The largest absolute Gasteiger partial charge is 0.393 e. The molecule has 0 bridgehead atoms. The fourth-order valence-electron chi connectivity index (χ4n) is 3.44. The van der Waals surface area contributed by atoms with Crippen molar-refractivity contribution in [2.45, 2.75) is 51.3 Å². The smallest absolute Gasteiger partial charge is 0.257 e. The van der Waals surface area contributed by atoms with E-state index in [1.807, 2.05) is 16.5 Å². The number of aromatic nitrogens is 4. The van der Waals surface area contributed by atoms with Crippen LogP contribution >= 0.6 is 0 Å². The molecule has 2 aromatic rings. The second kappa shape index (κ2) is 6.27. The highest BCUT2D eigenvalue weighted by molar-refractivity contribution is 5.96. The van der Waals surface area contributed by atoms with E-state index in [0.717, 1.165) is 36.3 Å². The van der Waals surface area contributed by atoms with Crippen LogP contribution in [0.15, 0.2) is 6.07 Å². The van der Waals surface area contributed by atoms with Crippen molar-refractivity contribution < 1.29 is 15.0 Å². The molecule has 2 aromatic heterocycles. The molecule has 0 aromatic carbocycles. The normalized spacial score (nSPS) is 18.8. The Labute approximate surface area is 145 Å². The van der Waals surface area contributed by atoms with Gasteiger partial charge in [-0.1, -0.05) is 0 Å². The molecule has 1 saturated carbocycles. The molecular weight excluding hydrogens is 322 g/mol. The number of fused-ring (bicyclic) bond motifs is 1. The maximum atomic E-state index is 13.1. The molecule has 8 heteroatoms. The van der Waals surface area contributed by atoms with Crippen molar-refractivity contribution in [2.24, 2.45) is 0 Å². The number of hydrogen-bond donors (Lipinski definition) is 3. The summed E-state index contributed by atoms with van der Waals surface area (Å²) in [5, 5.41) is 30.6. The molecule has 4 rings (SSSR count). The lowest BCUT2D eigenvalue weighted by Crippen LogP contribution is -2.31. The third-order valence-corrected chi connectivity index (χ3v) is 4.99. The molecule has 25 heavy (non-hydrogen) atoms. The highest BCUT2D eigenvalue weighted by Gasteiger charge is 2.34. The van der Waals surface area contributed by atoms with Gasteiger partial charge in [0.15, 0.2) is 0 Å². The van der Waals surface area contributed by atoms with Crippen molar-refractivity contribution in [1.29, 1.82) is 0 Å². The highest BCUT2D eigenvalue weighted by atomic mass is 16.3. The number of nitrogens with one attached hydrogen (secondary N) is 1. The summed E-state index contributed by atoms with van der Waals surface area (Å²) in [7, 11) is 0. The lowest BCUT2D eigenvalue weighted by Gasteiger charge is -2.20. The van der Waals surface area contributed by atoms with Crippen LogP contribution in [0.5, 0.6) is 0 Å². The first-order valence-corrected chi connectivity index (χ1v) is 8.78. The number of hydrogen-bond acceptors (Lipinski definition) is 5. The zero-order valence-electron chi connectivity index (χ0n) is 14.3. The fraction of sp³-hybridized carbons (Fsp3) is 0.588. The van der Waals surface area contributed by atoms with Crippen LogP contribution in [0, 0.1) is 6.92 Å². The van der Waals surface area contributed by atoms with Gasteiger partial charge in [-0.2, -0.15) is 10.2 Å². The molecule has 8 nitrogen and oxygen atoms in total. The maximum Gasteiger partial charge on any atom is 0.257 e. The second-order valence-corrected chi connectivity index (χ2v) is 6.95. The van der Waals surface area contributed by atoms with Gasteiger partial charge in [0.05, 0.1) is 35.8 Å². The van der Waals surface area contributed by atoms with Gasteiger partial charge < -0.3 is 15.1 Å². The summed E-state index contributed by atoms with van der Waals surface area (Å²) in [6.45, 7) is 3.33. The first-order chi connectivity index (χ1) is 12.1. The lowest BCUT2D eigenvalue weighted by atomic mass is 10.1. The van der Waals surface area contributed by atoms with Gasteiger partial charge in [0.25, 0.3) is 5.91 Å². The van der Waals surface area contributed by atoms with Gasteiger partial charge in [-0.05, 0) is 32.3 Å². The molecule has 0 saturated heterocycles. The Balaban J connectivity index is 1.60. The Kier molecular flexibility index (Phi) is 4.09. The average Bonchev–Trinajstić information content (AvgIpc) is 3.32. The van der Waals surface area contributed by atoms with E-state index >= 15 is 0 Å². The van der Waals surface area contributed by atoms with Crippen LogP contribution in [-0.4, -0.2) is 54.1 Å². The topological polar surface area (TPSA) is 107 Å². The van der Waals surface area contributed by atoms with E-state index in [4.69, 9.17) is 5.11 Å². The van der Waals surface area contributed by atoms with Crippen LogP contribution in [0.25, 0.3) is 0 Å². The van der Waals surface area contributed by atoms with Crippen molar-refractivity contribution in [1.82, 2.24) is 24.9 Å². The Morgan fingerprint density at radius 3 is 2.96 bits per heavy atom. The first-order valence-electron chi connectivity index (χ1n) is 8.78. The number of aliphatic hydroxyl groups excluding tert-OH is 2. The summed E-state index contributed by atoms with van der Waals surface area (Å²) in [6, 6.07) is 1.77. The van der Waals surface area contributed by atoms with Crippen molar-refractivity contribution >= 4 is 5.91 Å². The van der Waals surface area contributed by atoms with Gasteiger partial charge in [0.1, 0.15) is 6.10 Å². The van der Waals surface area contributed by atoms with Crippen LogP contribution in [0.4, 0.5) is 0 Å². The third kappa shape index (κ3) is 2.96. The lowest BCUT2D eigenvalue weighted by molar-refractivity contribution is 0.0743. The Hall–Kier alpha value is -2.19. The quantitative estimate of drug-likeness (QED) is 0.762. The Morgan fingerprint density at radius 2 is 2.24 bits per heavy atom. The maximum absolute atomic E-state index is 13.1. The molecule has 134 valence electrons. The molecule has 1 aliphatic heterocycles. The first kappa shape index (κ1) is 16.3. The van der Waals surface area contributed by atoms with E-state index in [9.17, 15) is 9.90 Å². The number of carbonyl (C=O) groups excluding carboxylic acids is 1. The minimum atomic E-state index is -0.985. The minimum absolute atomic E-state index is 0.00653. The predicted molar refractivity (Wildman–Crippen MR) is 88.9 cm³/mol. The number of amides is 1. The second-order valence-electron chi connectivity index (χ2n) is 6.95. The summed E-state index contributed by atoms with van der Waals surface area (Å²) >= 11 is 0. The number of aliphatic hydroxyl groups is 2. The monoisotopic (exact) mass is 345 g/mol. The number of rotatable bonds is 4. The number of carbonyl (C=O) groups is 1. The predicted octanol–water partition coefficient (Wildman–Crippen LogP) is 0.864. The molecule has 1 atom stereocenters. The van der Waals surface area contributed by atoms with Crippen molar-refractivity contribution in [3.05, 3.63) is 34.4 Å². The summed E-state index contributed by atoms with van der Waals surface area (Å²) in [6.07, 6.45) is 2.01. The molecule has 1 amide bonds. The zero-order valence-corrected chi connectivity index (χ0v) is 14.3. The van der Waals surface area contributed by atoms with E-state index in [1.165, 1.54) is 0 Å². The van der Waals surface area contributed by atoms with Crippen LogP contribution < -0.4 is 0 Å². The molecule has 1 fully saturated rings. The molecule has 3 heterocycles. The third-order valence-electron chi connectivity index (χ3n) is 4.99. The fourth-order valence-corrected chi connectivity index (χ4v) is 3.44. The van der Waals surface area contributed by atoms with Crippen LogP contribution in [0.1, 0.15) is 64.4 Å². The number of H-pyrrole nitrogens is 1. The van der Waals surface area contributed by atoms with Gasteiger partial charge in [0, 0.05) is 24.7 Å². The molecule has 0 radical (unpaired) electrons. The van der Waals surface area contributed by atoms with Gasteiger partial charge >= 0.3 is 0 Å². The Bertz CT molecular complexity index is 792. The SMILES string of the molecule is Cc1[nH]nc(C2CC2)c1C(=O)N1CCCn2nc([C@@H](O)CO)cc2C1. The van der Waals surface area contributed by atoms with E-state index in [0.29, 0.717) is 36.8 Å². The molecule has 2 aliphatic rings. The number of aromatic amines is 1. The number of aryl methyl sites for hydroxylation is 2. The van der Waals surface area contributed by atoms with E-state index in [-0.39, 0.29) is 12.5 Å². The number of nitrogens with zero attached hydrogens (tertiary/aromatic N) is 4. The molecule has 3 N–H and O–H groups in total. The molecule has 0 spiro atoms. The van der Waals surface area contributed by atoms with Gasteiger partial charge in [-0.3, -0.25) is 14.6 Å². The standard InChI is InChI=1S/C17H23N5O3/c1-10-15(16(19-18-10)11-3-4-11)17(25)21-5-2-6-22-12(8-21)7-13(20-22)14(24)9-23/h7,11,14,23-24H,2-6,8-9H2,1H3,(H,18,19)/t14-/m0/s1. The summed E-state index contributed by atoms with van der Waals surface area (Å²) in [4.78, 5) is 15.0. The highest BCUT2D eigenvalue weighted by Crippen LogP contribution is 2.41. The van der Waals surface area contributed by atoms with Crippen molar-refractivity contribution in [3.8, 4) is 0 Å². The van der Waals surface area contributed by atoms with Gasteiger partial charge in [0.2, 0.25) is 0 Å². The van der Waals surface area contributed by atoms with Gasteiger partial charge in [-0.25, -0.2) is 0 Å². The van der Waals surface area contributed by atoms with Gasteiger partial charge in [-0.15, -0.1) is 0 Å². The van der Waals surface area contributed by atoms with E-state index in [2.05, 4.69) is 15.3 Å². The molecular formula is C17H23N5O3. The van der Waals surface area contributed by atoms with Crippen LogP contribution in [-0.2, 0) is 13.1 Å². The summed E-state index contributed by atoms with van der Waals surface area (Å²) in [5.74, 6) is 0.416. The van der Waals surface area contributed by atoms with Crippen LogP contribution in [0.2, 0.25) is 0 Å². The Morgan fingerprint density at radius 1 is 1.44 bits per heavy atom. The average molecular weight is 345 g/mol. The van der Waals surface area contributed by atoms with E-state index < -0.39 is 6.10 Å². The van der Waals surface area contributed by atoms with Crippen molar-refractivity contribution in [3.63, 3.8) is 0 Å². The molecule has 0 unspecified atom stereocenters. The van der Waals surface area contributed by atoms with E-state index in [1.54, 1.807) is 6.07 Å². The zero-order chi connectivity index (χ0) is 17.6. The van der Waals surface area contributed by atoms with Crippen LogP contribution in [0.3, 0.4) is 0 Å². The minimum Gasteiger partial charge on any atom is -0.393 e. The summed E-state index contributed by atoms with van der Waals surface area (Å²) < 4.78 is 1.82. The molecule has 1 aliphatic carbocycles. The summed E-state index contributed by atoms with van der Waals surface area (Å²) in [5.41, 5.74) is 3.76.